The van der Waals surface area contributed by atoms with Crippen LogP contribution in [-0.4, -0.2) is 29.3 Å². The number of benzene rings is 1. The van der Waals surface area contributed by atoms with Crippen LogP contribution in [0.25, 0.3) is 0 Å². The van der Waals surface area contributed by atoms with Gasteiger partial charge in [-0.3, -0.25) is 19.7 Å². The van der Waals surface area contributed by atoms with Crippen molar-refractivity contribution in [3.05, 3.63) is 55.4 Å². The molecule has 142 valence electrons. The lowest BCUT2D eigenvalue weighted by atomic mass is 10.1. The van der Waals surface area contributed by atoms with Gasteiger partial charge in [0.2, 0.25) is 0 Å². The first-order valence-electron chi connectivity index (χ1n) is 7.84. The van der Waals surface area contributed by atoms with E-state index in [9.17, 15) is 24.5 Å². The third-order valence-electron chi connectivity index (χ3n) is 3.82. The number of nitro benzene ring substituents is 1. The van der Waals surface area contributed by atoms with Crippen molar-refractivity contribution in [3.63, 3.8) is 0 Å². The second kappa shape index (κ2) is 7.96. The van der Waals surface area contributed by atoms with Crippen molar-refractivity contribution in [3.8, 4) is 0 Å². The number of nitro groups is 1. The summed E-state index contributed by atoms with van der Waals surface area (Å²) in [5.41, 5.74) is 5.71. The van der Waals surface area contributed by atoms with Gasteiger partial charge in [-0.2, -0.15) is 0 Å². The molecule has 0 bridgehead atoms. The van der Waals surface area contributed by atoms with Gasteiger partial charge < -0.3 is 15.8 Å². The monoisotopic (exact) mass is 391 g/mol. The summed E-state index contributed by atoms with van der Waals surface area (Å²) >= 11 is 0.847. The minimum absolute atomic E-state index is 0.0343. The number of carbonyl (C=O) groups excluding carboxylic acids is 3. The van der Waals surface area contributed by atoms with E-state index >= 15 is 0 Å². The van der Waals surface area contributed by atoms with Crippen molar-refractivity contribution in [2.75, 3.05) is 11.9 Å². The first-order chi connectivity index (χ1) is 12.7. The van der Waals surface area contributed by atoms with Crippen molar-refractivity contribution >= 4 is 39.8 Å². The van der Waals surface area contributed by atoms with Crippen LogP contribution in [0.5, 0.6) is 0 Å². The molecule has 0 radical (unpaired) electrons. The van der Waals surface area contributed by atoms with Crippen LogP contribution < -0.4 is 11.1 Å². The summed E-state index contributed by atoms with van der Waals surface area (Å²) in [6.45, 7) is 4.71. The first-order valence-corrected chi connectivity index (χ1v) is 8.66. The van der Waals surface area contributed by atoms with E-state index in [1.54, 1.807) is 6.92 Å². The van der Waals surface area contributed by atoms with Crippen molar-refractivity contribution in [1.82, 2.24) is 0 Å². The fraction of sp³-hybridized carbons (Fsp3) is 0.235. The molecule has 0 atom stereocenters. The molecule has 2 rings (SSSR count). The maximum atomic E-state index is 12.6. The lowest BCUT2D eigenvalue weighted by molar-refractivity contribution is -0.385. The van der Waals surface area contributed by atoms with Gasteiger partial charge >= 0.3 is 5.97 Å². The third-order valence-corrected chi connectivity index (χ3v) is 5.05. The number of rotatable bonds is 6. The Hall–Kier alpha value is -3.27. The average molecular weight is 391 g/mol. The number of nitrogens with one attached hydrogen (secondary N) is 1. The molecule has 0 saturated heterocycles. The lowest BCUT2D eigenvalue weighted by Gasteiger charge is -2.09. The molecule has 3 N–H and O–H groups in total. The highest BCUT2D eigenvalue weighted by Gasteiger charge is 2.27. The number of primary amides is 1. The Morgan fingerprint density at radius 2 is 1.93 bits per heavy atom. The van der Waals surface area contributed by atoms with Crippen LogP contribution >= 0.6 is 11.3 Å². The summed E-state index contributed by atoms with van der Waals surface area (Å²) in [4.78, 5) is 47.1. The maximum absolute atomic E-state index is 12.6. The maximum Gasteiger partial charge on any atom is 0.341 e. The van der Waals surface area contributed by atoms with E-state index in [1.165, 1.54) is 32.0 Å². The number of thiophene rings is 1. The van der Waals surface area contributed by atoms with Gasteiger partial charge in [0, 0.05) is 17.2 Å². The minimum Gasteiger partial charge on any atom is -0.462 e. The molecule has 2 aromatic rings. The van der Waals surface area contributed by atoms with E-state index in [4.69, 9.17) is 10.5 Å². The smallest absolute Gasteiger partial charge is 0.341 e. The second-order valence-corrected chi connectivity index (χ2v) is 6.53. The molecule has 0 unspecified atom stereocenters. The fourth-order valence-electron chi connectivity index (χ4n) is 2.52. The number of ether oxygens (including phenoxy) is 1. The molecule has 0 spiro atoms. The number of hydrogen-bond donors (Lipinski definition) is 2. The van der Waals surface area contributed by atoms with Gasteiger partial charge in [0.15, 0.2) is 0 Å². The van der Waals surface area contributed by atoms with Gasteiger partial charge in [-0.25, -0.2) is 4.79 Å². The summed E-state index contributed by atoms with van der Waals surface area (Å²) in [6.07, 6.45) is 0. The molecule has 27 heavy (non-hydrogen) atoms. The van der Waals surface area contributed by atoms with Crippen LogP contribution in [0.3, 0.4) is 0 Å². The molecule has 2 amide bonds. The molecule has 0 aliphatic heterocycles. The normalized spacial score (nSPS) is 10.3. The molecule has 0 saturated carbocycles. The van der Waals surface area contributed by atoms with Crippen molar-refractivity contribution in [2.24, 2.45) is 5.73 Å². The second-order valence-electron chi connectivity index (χ2n) is 5.51. The Bertz CT molecular complexity index is 950. The summed E-state index contributed by atoms with van der Waals surface area (Å²) in [6, 6.07) is 4.11. The van der Waals surface area contributed by atoms with E-state index in [-0.39, 0.29) is 38.9 Å². The zero-order chi connectivity index (χ0) is 20.3. The predicted molar refractivity (Wildman–Crippen MR) is 99.3 cm³/mol. The minimum atomic E-state index is -0.741. The Morgan fingerprint density at radius 3 is 2.48 bits per heavy atom. The topological polar surface area (TPSA) is 142 Å². The van der Waals surface area contributed by atoms with Crippen molar-refractivity contribution < 1.29 is 24.0 Å². The third kappa shape index (κ3) is 3.95. The molecule has 1 heterocycles. The quantitative estimate of drug-likeness (QED) is 0.440. The number of nitrogens with two attached hydrogens (primary N) is 1. The highest BCUT2D eigenvalue weighted by molar-refractivity contribution is 7.18. The molecular formula is C17H17N3O6S. The molecule has 9 nitrogen and oxygen atoms in total. The van der Waals surface area contributed by atoms with E-state index in [0.717, 1.165) is 11.3 Å². The molecule has 1 aromatic heterocycles. The predicted octanol–water partition coefficient (Wildman–Crippen LogP) is 2.80. The van der Waals surface area contributed by atoms with Gasteiger partial charge in [0.05, 0.1) is 22.0 Å². The van der Waals surface area contributed by atoms with Gasteiger partial charge in [0.25, 0.3) is 17.5 Å². The van der Waals surface area contributed by atoms with Crippen molar-refractivity contribution in [1.29, 1.82) is 0 Å². The van der Waals surface area contributed by atoms with Crippen LogP contribution in [-0.2, 0) is 4.74 Å². The summed E-state index contributed by atoms with van der Waals surface area (Å²) in [7, 11) is 0. The summed E-state index contributed by atoms with van der Waals surface area (Å²) in [5.74, 6) is -2.10. The molecule has 1 aromatic carbocycles. The summed E-state index contributed by atoms with van der Waals surface area (Å²) < 4.78 is 4.98. The number of anilines is 1. The van der Waals surface area contributed by atoms with E-state index in [1.807, 2.05) is 0 Å². The Kier molecular flexibility index (Phi) is 5.91. The Balaban J connectivity index is 2.48. The van der Waals surface area contributed by atoms with Gasteiger partial charge in [-0.05, 0) is 32.4 Å². The number of nitrogens with zero attached hydrogens (tertiary/aromatic N) is 1. The van der Waals surface area contributed by atoms with E-state index < -0.39 is 22.7 Å². The number of carbonyl (C=O) groups is 3. The lowest BCUT2D eigenvalue weighted by Crippen LogP contribution is -2.16. The standard InChI is InChI=1S/C17H17N3O6S/c1-4-26-17(23)12-9(3)13(14(18)21)27-16(12)19-15(22)10-6-5-7-11(8(10)2)20(24)25/h5-7H,4H2,1-3H3,(H2,18,21)(H,19,22). The molecule has 0 fully saturated rings. The van der Waals surface area contributed by atoms with Crippen molar-refractivity contribution in [2.45, 2.75) is 20.8 Å². The molecule has 0 aliphatic carbocycles. The number of hydrogen-bond acceptors (Lipinski definition) is 7. The molecule has 10 heteroatoms. The Morgan fingerprint density at radius 1 is 1.26 bits per heavy atom. The number of esters is 1. The highest BCUT2D eigenvalue weighted by atomic mass is 32.1. The first kappa shape index (κ1) is 20.0. The SMILES string of the molecule is CCOC(=O)c1c(NC(=O)c2cccc([N+](=O)[O-])c2C)sc(C(N)=O)c1C. The fourth-order valence-corrected chi connectivity index (χ4v) is 3.57. The average Bonchev–Trinajstić information content (AvgIpc) is 2.91. The van der Waals surface area contributed by atoms with Crippen LogP contribution in [0.1, 0.15) is 48.4 Å². The van der Waals surface area contributed by atoms with Gasteiger partial charge in [-0.15, -0.1) is 11.3 Å². The number of amides is 2. The van der Waals surface area contributed by atoms with Crippen LogP contribution in [0.15, 0.2) is 18.2 Å². The van der Waals surface area contributed by atoms with Gasteiger partial charge in [0.1, 0.15) is 5.00 Å². The van der Waals surface area contributed by atoms with Crippen LogP contribution in [0.2, 0.25) is 0 Å². The van der Waals surface area contributed by atoms with E-state index in [2.05, 4.69) is 5.32 Å². The van der Waals surface area contributed by atoms with Gasteiger partial charge in [-0.1, -0.05) is 6.07 Å². The largest absolute Gasteiger partial charge is 0.462 e. The molecular weight excluding hydrogens is 374 g/mol. The molecule has 0 aliphatic rings. The Labute approximate surface area is 158 Å². The summed E-state index contributed by atoms with van der Waals surface area (Å²) in [5, 5.41) is 13.7. The zero-order valence-corrected chi connectivity index (χ0v) is 15.6. The highest BCUT2D eigenvalue weighted by Crippen LogP contribution is 2.34. The van der Waals surface area contributed by atoms with Crippen LogP contribution in [0, 0.1) is 24.0 Å². The van der Waals surface area contributed by atoms with E-state index in [0.29, 0.717) is 5.56 Å². The van der Waals surface area contributed by atoms with Crippen LogP contribution in [0.4, 0.5) is 10.7 Å². The zero-order valence-electron chi connectivity index (χ0n) is 14.8.